The van der Waals surface area contributed by atoms with Crippen molar-refractivity contribution in [3.63, 3.8) is 0 Å². The van der Waals surface area contributed by atoms with Crippen LogP contribution in [-0.2, 0) is 17.8 Å². The SMILES string of the molecule is CC(CC1(Cc2ccc(OCc3cccc(F)c3)cc2)C=CC=N1)C(N)=O. The van der Waals surface area contributed by atoms with Crippen molar-refractivity contribution in [1.82, 2.24) is 0 Å². The number of nitrogens with two attached hydrogens (primary N) is 1. The minimum Gasteiger partial charge on any atom is -0.489 e. The van der Waals surface area contributed by atoms with Gasteiger partial charge in [0.2, 0.25) is 5.91 Å². The van der Waals surface area contributed by atoms with E-state index >= 15 is 0 Å². The van der Waals surface area contributed by atoms with Gasteiger partial charge in [-0.2, -0.15) is 0 Å². The number of amides is 1. The summed E-state index contributed by atoms with van der Waals surface area (Å²) in [5, 5.41) is 0. The van der Waals surface area contributed by atoms with Crippen molar-refractivity contribution in [2.45, 2.75) is 31.9 Å². The Balaban J connectivity index is 1.63. The third kappa shape index (κ3) is 5.03. The van der Waals surface area contributed by atoms with Crippen LogP contribution in [0.3, 0.4) is 0 Å². The van der Waals surface area contributed by atoms with E-state index in [0.29, 0.717) is 25.2 Å². The Labute approximate surface area is 158 Å². The van der Waals surface area contributed by atoms with Gasteiger partial charge in [-0.25, -0.2) is 4.39 Å². The number of primary amides is 1. The van der Waals surface area contributed by atoms with Crippen molar-refractivity contribution in [3.8, 4) is 5.75 Å². The van der Waals surface area contributed by atoms with Gasteiger partial charge in [0.05, 0.1) is 5.54 Å². The molecule has 2 atom stereocenters. The lowest BCUT2D eigenvalue weighted by Gasteiger charge is -2.26. The van der Waals surface area contributed by atoms with Crippen LogP contribution in [0.1, 0.15) is 24.5 Å². The number of allylic oxidation sites excluding steroid dienone is 1. The fourth-order valence-corrected chi connectivity index (χ4v) is 3.24. The van der Waals surface area contributed by atoms with Gasteiger partial charge in [0.1, 0.15) is 18.2 Å². The number of aliphatic imine (C=N–C) groups is 1. The van der Waals surface area contributed by atoms with Gasteiger partial charge in [0.25, 0.3) is 0 Å². The van der Waals surface area contributed by atoms with Gasteiger partial charge in [-0.05, 0) is 47.9 Å². The first-order valence-corrected chi connectivity index (χ1v) is 8.94. The molecule has 3 rings (SSSR count). The molecule has 140 valence electrons. The average Bonchev–Trinajstić information content (AvgIpc) is 3.09. The van der Waals surface area contributed by atoms with Gasteiger partial charge in [-0.1, -0.05) is 37.3 Å². The molecule has 0 radical (unpaired) electrons. The number of hydrogen-bond donors (Lipinski definition) is 1. The highest BCUT2D eigenvalue weighted by Gasteiger charge is 2.32. The highest BCUT2D eigenvalue weighted by atomic mass is 19.1. The van der Waals surface area contributed by atoms with Crippen molar-refractivity contribution in [2.24, 2.45) is 16.6 Å². The maximum atomic E-state index is 13.2. The molecule has 1 aliphatic rings. The maximum Gasteiger partial charge on any atom is 0.220 e. The summed E-state index contributed by atoms with van der Waals surface area (Å²) in [5.41, 5.74) is 6.86. The van der Waals surface area contributed by atoms with Gasteiger partial charge in [-0.3, -0.25) is 9.79 Å². The summed E-state index contributed by atoms with van der Waals surface area (Å²) in [7, 11) is 0. The third-order valence-corrected chi connectivity index (χ3v) is 4.70. The molecule has 0 spiro atoms. The second-order valence-corrected chi connectivity index (χ2v) is 6.99. The van der Waals surface area contributed by atoms with Gasteiger partial charge in [0, 0.05) is 18.6 Å². The zero-order chi connectivity index (χ0) is 19.3. The zero-order valence-electron chi connectivity index (χ0n) is 15.3. The van der Waals surface area contributed by atoms with E-state index in [2.05, 4.69) is 4.99 Å². The van der Waals surface area contributed by atoms with Crippen LogP contribution in [0.5, 0.6) is 5.75 Å². The van der Waals surface area contributed by atoms with E-state index in [1.54, 1.807) is 12.3 Å². The molecule has 5 heteroatoms. The number of ether oxygens (including phenoxy) is 1. The van der Waals surface area contributed by atoms with Crippen LogP contribution in [0.2, 0.25) is 0 Å². The summed E-state index contributed by atoms with van der Waals surface area (Å²) >= 11 is 0. The summed E-state index contributed by atoms with van der Waals surface area (Å²) in [6.07, 6.45) is 6.96. The molecule has 2 aromatic carbocycles. The summed E-state index contributed by atoms with van der Waals surface area (Å²) in [5.74, 6) is -0.120. The number of hydrogen-bond acceptors (Lipinski definition) is 3. The maximum absolute atomic E-state index is 13.2. The van der Waals surface area contributed by atoms with Crippen LogP contribution in [0.4, 0.5) is 4.39 Å². The van der Waals surface area contributed by atoms with Crippen LogP contribution in [0.25, 0.3) is 0 Å². The van der Waals surface area contributed by atoms with Gasteiger partial charge < -0.3 is 10.5 Å². The number of rotatable bonds is 8. The van der Waals surface area contributed by atoms with E-state index in [4.69, 9.17) is 10.5 Å². The van der Waals surface area contributed by atoms with Crippen LogP contribution in [-0.4, -0.2) is 17.7 Å². The topological polar surface area (TPSA) is 64.7 Å². The van der Waals surface area contributed by atoms with Crippen LogP contribution in [0.15, 0.2) is 65.7 Å². The molecular formula is C22H23FN2O2. The van der Waals surface area contributed by atoms with Crippen molar-refractivity contribution < 1.29 is 13.9 Å². The first-order chi connectivity index (χ1) is 13.0. The Morgan fingerprint density at radius 1 is 1.22 bits per heavy atom. The summed E-state index contributed by atoms with van der Waals surface area (Å²) < 4.78 is 18.9. The summed E-state index contributed by atoms with van der Waals surface area (Å²) in [6.45, 7) is 2.14. The van der Waals surface area contributed by atoms with Crippen LogP contribution in [0, 0.1) is 11.7 Å². The number of benzene rings is 2. The Hall–Kier alpha value is -2.95. The largest absolute Gasteiger partial charge is 0.489 e. The first-order valence-electron chi connectivity index (χ1n) is 8.94. The molecule has 0 fully saturated rings. The van der Waals surface area contributed by atoms with Crippen molar-refractivity contribution in [2.75, 3.05) is 0 Å². The lowest BCUT2D eigenvalue weighted by molar-refractivity contribution is -0.121. The van der Waals surface area contributed by atoms with Crippen molar-refractivity contribution in [1.29, 1.82) is 0 Å². The second kappa shape index (κ2) is 8.16. The number of nitrogens with zero attached hydrogens (tertiary/aromatic N) is 1. The van der Waals surface area contributed by atoms with Crippen LogP contribution >= 0.6 is 0 Å². The second-order valence-electron chi connectivity index (χ2n) is 6.99. The molecule has 0 saturated heterocycles. The van der Waals surface area contributed by atoms with E-state index < -0.39 is 5.54 Å². The van der Waals surface area contributed by atoms with Crippen molar-refractivity contribution in [3.05, 3.63) is 77.6 Å². The standard InChI is InChI=1S/C22H23FN2O2/c1-16(21(24)26)13-22(10-3-11-25-22)14-17-6-8-20(9-7-17)27-15-18-4-2-5-19(23)12-18/h2-12,16H,13-15H2,1H3,(H2,24,26). The molecule has 1 heterocycles. The molecule has 27 heavy (non-hydrogen) atoms. The van der Waals surface area contributed by atoms with Crippen LogP contribution < -0.4 is 10.5 Å². The quantitative estimate of drug-likeness (QED) is 0.771. The number of carbonyl (C=O) groups excluding carboxylic acids is 1. The Bertz CT molecular complexity index is 847. The molecule has 2 unspecified atom stereocenters. The molecule has 0 aliphatic carbocycles. The first kappa shape index (κ1) is 18.8. The fraction of sp³-hybridized carbons (Fsp3) is 0.273. The Morgan fingerprint density at radius 3 is 2.63 bits per heavy atom. The van der Waals surface area contributed by atoms with E-state index in [9.17, 15) is 9.18 Å². The molecule has 0 saturated carbocycles. The van der Waals surface area contributed by atoms with E-state index in [1.807, 2.05) is 49.4 Å². The summed E-state index contributed by atoms with van der Waals surface area (Å²) in [4.78, 5) is 16.0. The zero-order valence-corrected chi connectivity index (χ0v) is 15.3. The normalized spacial score (nSPS) is 19.2. The molecule has 1 amide bonds. The minimum absolute atomic E-state index is 0.251. The Morgan fingerprint density at radius 2 is 2.00 bits per heavy atom. The van der Waals surface area contributed by atoms with Gasteiger partial charge in [-0.15, -0.1) is 0 Å². The molecule has 2 aromatic rings. The lowest BCUT2D eigenvalue weighted by atomic mass is 9.83. The molecule has 2 N–H and O–H groups in total. The number of carbonyl (C=O) groups is 1. The minimum atomic E-state index is -0.432. The summed E-state index contributed by atoms with van der Waals surface area (Å²) in [6, 6.07) is 14.1. The third-order valence-electron chi connectivity index (χ3n) is 4.70. The van der Waals surface area contributed by atoms with Crippen molar-refractivity contribution >= 4 is 12.1 Å². The highest BCUT2D eigenvalue weighted by molar-refractivity contribution is 5.78. The van der Waals surface area contributed by atoms with Gasteiger partial charge in [0.15, 0.2) is 0 Å². The molecular weight excluding hydrogens is 343 g/mol. The monoisotopic (exact) mass is 366 g/mol. The Kier molecular flexibility index (Phi) is 5.69. The smallest absolute Gasteiger partial charge is 0.220 e. The van der Waals surface area contributed by atoms with Gasteiger partial charge >= 0.3 is 0 Å². The van der Waals surface area contributed by atoms with E-state index in [1.165, 1.54) is 12.1 Å². The average molecular weight is 366 g/mol. The fourth-order valence-electron chi connectivity index (χ4n) is 3.24. The molecule has 0 aromatic heterocycles. The lowest BCUT2D eigenvalue weighted by Crippen LogP contribution is -2.33. The molecule has 0 bridgehead atoms. The number of halogens is 1. The predicted molar refractivity (Wildman–Crippen MR) is 104 cm³/mol. The van der Waals surface area contributed by atoms with E-state index in [-0.39, 0.29) is 17.6 Å². The predicted octanol–water partition coefficient (Wildman–Crippen LogP) is 3.84. The molecule has 1 aliphatic heterocycles. The molecule has 4 nitrogen and oxygen atoms in total. The van der Waals surface area contributed by atoms with E-state index in [0.717, 1.165) is 11.1 Å². The highest BCUT2D eigenvalue weighted by Crippen LogP contribution is 2.30.